The SMILES string of the molecule is COc1cc(-n2ncc3c(-c4cccc(-c5ccc(CN(C)[C@@H]6CCOC[C@@H]6O)c(OC)n5)c4C)cccc32)cc(OC)c1CN(C)C1CCC(CC(=O)O)CC1. The Bertz CT molecular complexity index is 2170. The number of carboxylic acid groups (broad SMARTS) is 1. The number of aromatic nitrogens is 3. The molecular weight excluding hydrogens is 723 g/mol. The van der Waals surface area contributed by atoms with Crippen molar-refractivity contribution in [1.29, 1.82) is 0 Å². The Balaban J connectivity index is 1.15. The molecule has 1 saturated heterocycles. The van der Waals surface area contributed by atoms with Crippen LogP contribution < -0.4 is 14.2 Å². The summed E-state index contributed by atoms with van der Waals surface area (Å²) in [5, 5.41) is 25.7. The number of aliphatic carboxylic acids is 1. The minimum Gasteiger partial charge on any atom is -0.496 e. The molecule has 0 bridgehead atoms. The Morgan fingerprint density at radius 2 is 1.58 bits per heavy atom. The second-order valence-electron chi connectivity index (χ2n) is 15.6. The van der Waals surface area contributed by atoms with Gasteiger partial charge < -0.3 is 29.2 Å². The van der Waals surface area contributed by atoms with Crippen LogP contribution in [-0.2, 0) is 22.6 Å². The molecule has 2 fully saturated rings. The number of fused-ring (bicyclic) bond motifs is 1. The average Bonchev–Trinajstić information content (AvgIpc) is 3.66. The van der Waals surface area contributed by atoms with E-state index in [4.69, 9.17) is 29.0 Å². The van der Waals surface area contributed by atoms with Gasteiger partial charge in [0.15, 0.2) is 0 Å². The van der Waals surface area contributed by atoms with E-state index in [2.05, 4.69) is 66.2 Å². The minimum absolute atomic E-state index is 0.0136. The quantitative estimate of drug-likeness (QED) is 0.119. The highest BCUT2D eigenvalue weighted by Gasteiger charge is 2.29. The smallest absolute Gasteiger partial charge is 0.303 e. The lowest BCUT2D eigenvalue weighted by Crippen LogP contribution is -2.46. The first-order valence-corrected chi connectivity index (χ1v) is 19.8. The largest absolute Gasteiger partial charge is 0.496 e. The Hall–Kier alpha value is -5.01. The summed E-state index contributed by atoms with van der Waals surface area (Å²) in [7, 11) is 9.16. The summed E-state index contributed by atoms with van der Waals surface area (Å²) in [6, 6.07) is 21.1. The van der Waals surface area contributed by atoms with Crippen molar-refractivity contribution in [2.45, 2.75) is 76.7 Å². The fraction of sp³-hybridized carbons (Fsp3) is 0.444. The standard InChI is InChI=1S/C45H55N5O7/c1-28-33(9-7-10-34(28)38-18-15-30(45(47-38)56-6)25-49(3)40-19-20-57-27-41(40)51)35-11-8-12-39-36(35)24-46-50(39)32-22-42(54-4)37(43(23-32)55-5)26-48(2)31-16-13-29(14-17-31)21-44(52)53/h7-12,15,18,22-24,29,31,40-41,51H,13-14,16-17,19-21,25-27H2,1-6H3,(H,52,53)/t29?,31?,40-,41+/m1/s1. The van der Waals surface area contributed by atoms with E-state index < -0.39 is 12.1 Å². The molecule has 1 saturated carbocycles. The number of nitrogens with zero attached hydrogens (tertiary/aromatic N) is 5. The Morgan fingerprint density at radius 3 is 2.26 bits per heavy atom. The summed E-state index contributed by atoms with van der Waals surface area (Å²) >= 11 is 0. The van der Waals surface area contributed by atoms with E-state index in [0.717, 1.165) is 99.3 Å². The molecule has 2 atom stereocenters. The monoisotopic (exact) mass is 777 g/mol. The second kappa shape index (κ2) is 17.6. The van der Waals surface area contributed by atoms with Crippen molar-refractivity contribution in [3.8, 4) is 45.5 Å². The number of aliphatic hydroxyl groups is 1. The molecular formula is C45H55N5O7. The van der Waals surface area contributed by atoms with E-state index in [1.807, 2.05) is 36.1 Å². The third-order valence-electron chi connectivity index (χ3n) is 12.1. The topological polar surface area (TPSA) is 132 Å². The van der Waals surface area contributed by atoms with Crippen molar-refractivity contribution < 1.29 is 34.0 Å². The van der Waals surface area contributed by atoms with Gasteiger partial charge in [-0.3, -0.25) is 14.6 Å². The number of hydrogen-bond acceptors (Lipinski definition) is 10. The number of aliphatic hydroxyl groups excluding tert-OH is 1. The Labute approximate surface area is 334 Å². The van der Waals surface area contributed by atoms with Gasteiger partial charge in [-0.05, 0) is 87.9 Å². The summed E-state index contributed by atoms with van der Waals surface area (Å²) in [6.07, 6.45) is 6.21. The van der Waals surface area contributed by atoms with Crippen LogP contribution in [0, 0.1) is 12.8 Å². The summed E-state index contributed by atoms with van der Waals surface area (Å²) in [4.78, 5) is 20.7. The molecule has 1 aliphatic carbocycles. The predicted molar refractivity (Wildman–Crippen MR) is 220 cm³/mol. The first kappa shape index (κ1) is 40.2. The van der Waals surface area contributed by atoms with Gasteiger partial charge in [0.05, 0.1) is 62.7 Å². The third kappa shape index (κ3) is 8.50. The maximum absolute atomic E-state index is 11.2. The summed E-state index contributed by atoms with van der Waals surface area (Å²) in [5.74, 6) is 1.56. The number of likely N-dealkylation sites (N-methyl/N-ethyl adjacent to an activating group) is 1. The third-order valence-corrected chi connectivity index (χ3v) is 12.1. The average molecular weight is 778 g/mol. The van der Waals surface area contributed by atoms with Gasteiger partial charge in [-0.1, -0.05) is 36.4 Å². The Morgan fingerprint density at radius 1 is 0.877 bits per heavy atom. The van der Waals surface area contributed by atoms with Crippen LogP contribution in [0.15, 0.2) is 66.9 Å². The van der Waals surface area contributed by atoms with E-state index in [1.54, 1.807) is 21.3 Å². The van der Waals surface area contributed by atoms with Crippen molar-refractivity contribution in [2.24, 2.45) is 5.92 Å². The van der Waals surface area contributed by atoms with E-state index in [0.29, 0.717) is 38.2 Å². The van der Waals surface area contributed by atoms with Gasteiger partial charge in [-0.25, -0.2) is 9.67 Å². The summed E-state index contributed by atoms with van der Waals surface area (Å²) < 4.78 is 25.1. The van der Waals surface area contributed by atoms with E-state index in [1.165, 1.54) is 0 Å². The van der Waals surface area contributed by atoms with Gasteiger partial charge in [-0.15, -0.1) is 0 Å². The van der Waals surface area contributed by atoms with Crippen molar-refractivity contribution in [3.63, 3.8) is 0 Å². The number of rotatable bonds is 14. The van der Waals surface area contributed by atoms with Crippen LogP contribution in [-0.4, -0.2) is 108 Å². The zero-order chi connectivity index (χ0) is 40.2. The zero-order valence-electron chi connectivity index (χ0n) is 33.9. The highest BCUT2D eigenvalue weighted by molar-refractivity contribution is 5.97. The van der Waals surface area contributed by atoms with Crippen LogP contribution in [0.1, 0.15) is 55.2 Å². The maximum atomic E-state index is 11.2. The van der Waals surface area contributed by atoms with Gasteiger partial charge in [0.1, 0.15) is 11.5 Å². The number of ether oxygens (including phenoxy) is 4. The predicted octanol–water partition coefficient (Wildman–Crippen LogP) is 7.14. The van der Waals surface area contributed by atoms with Gasteiger partial charge in [0, 0.05) is 66.8 Å². The van der Waals surface area contributed by atoms with Gasteiger partial charge in [0.25, 0.3) is 0 Å². The normalized spacial score (nSPS) is 19.9. The molecule has 0 amide bonds. The lowest BCUT2D eigenvalue weighted by molar-refractivity contribution is -0.138. The number of carboxylic acids is 1. The highest BCUT2D eigenvalue weighted by Crippen LogP contribution is 2.39. The number of hydrogen-bond donors (Lipinski definition) is 2. The molecule has 12 nitrogen and oxygen atoms in total. The molecule has 1 aliphatic heterocycles. The van der Waals surface area contributed by atoms with E-state index >= 15 is 0 Å². The molecule has 3 heterocycles. The van der Waals surface area contributed by atoms with Crippen molar-refractivity contribution in [2.75, 3.05) is 48.6 Å². The molecule has 12 heteroatoms. The molecule has 7 rings (SSSR count). The van der Waals surface area contributed by atoms with Crippen LogP contribution in [0.5, 0.6) is 17.4 Å². The van der Waals surface area contributed by atoms with Crippen LogP contribution in [0.25, 0.3) is 39.0 Å². The van der Waals surface area contributed by atoms with Gasteiger partial charge in [-0.2, -0.15) is 5.10 Å². The second-order valence-corrected chi connectivity index (χ2v) is 15.6. The highest BCUT2D eigenvalue weighted by atomic mass is 16.5. The maximum Gasteiger partial charge on any atom is 0.303 e. The van der Waals surface area contributed by atoms with Crippen molar-refractivity contribution in [1.82, 2.24) is 24.6 Å². The number of pyridine rings is 1. The first-order valence-electron chi connectivity index (χ1n) is 19.8. The van der Waals surface area contributed by atoms with E-state index in [-0.39, 0.29) is 18.4 Å². The minimum atomic E-state index is -0.711. The number of methoxy groups -OCH3 is 3. The Kier molecular flexibility index (Phi) is 12.4. The van der Waals surface area contributed by atoms with E-state index in [9.17, 15) is 15.0 Å². The first-order chi connectivity index (χ1) is 27.6. The summed E-state index contributed by atoms with van der Waals surface area (Å²) in [5.41, 5.74) is 8.78. The fourth-order valence-corrected chi connectivity index (χ4v) is 8.89. The van der Waals surface area contributed by atoms with Crippen LogP contribution in [0.2, 0.25) is 0 Å². The molecule has 0 spiro atoms. The lowest BCUT2D eigenvalue weighted by Gasteiger charge is -2.35. The number of carbonyl (C=O) groups is 1. The zero-order valence-corrected chi connectivity index (χ0v) is 33.9. The van der Waals surface area contributed by atoms with Crippen molar-refractivity contribution >= 4 is 16.9 Å². The van der Waals surface area contributed by atoms with Crippen molar-refractivity contribution in [3.05, 3.63) is 83.6 Å². The molecule has 302 valence electrons. The molecule has 57 heavy (non-hydrogen) atoms. The molecule has 0 radical (unpaired) electrons. The van der Waals surface area contributed by atoms with Crippen LogP contribution in [0.3, 0.4) is 0 Å². The van der Waals surface area contributed by atoms with Crippen LogP contribution in [0.4, 0.5) is 0 Å². The van der Waals surface area contributed by atoms with Crippen LogP contribution >= 0.6 is 0 Å². The molecule has 2 aliphatic rings. The lowest BCUT2D eigenvalue weighted by atomic mass is 9.83. The number of benzene rings is 3. The van der Waals surface area contributed by atoms with Gasteiger partial charge >= 0.3 is 5.97 Å². The van der Waals surface area contributed by atoms with Gasteiger partial charge in [0.2, 0.25) is 5.88 Å². The summed E-state index contributed by atoms with van der Waals surface area (Å²) in [6.45, 7) is 4.36. The molecule has 2 N–H and O–H groups in total. The molecule has 3 aromatic carbocycles. The fourth-order valence-electron chi connectivity index (χ4n) is 8.89. The molecule has 5 aromatic rings. The molecule has 0 unspecified atom stereocenters. The molecule has 2 aromatic heterocycles.